The van der Waals surface area contributed by atoms with E-state index in [9.17, 15) is 9.90 Å². The van der Waals surface area contributed by atoms with Gasteiger partial charge in [0.15, 0.2) is 0 Å². The predicted molar refractivity (Wildman–Crippen MR) is 75.0 cm³/mol. The molecule has 2 rings (SSSR count). The fourth-order valence-electron chi connectivity index (χ4n) is 2.24. The Bertz CT molecular complexity index is 433. The van der Waals surface area contributed by atoms with Gasteiger partial charge in [0, 0.05) is 15.7 Å². The van der Waals surface area contributed by atoms with E-state index in [4.69, 9.17) is 0 Å². The maximum Gasteiger partial charge on any atom is 0.254 e. The molecule has 1 heterocycles. The van der Waals surface area contributed by atoms with Crippen LogP contribution in [0.2, 0.25) is 0 Å². The molecule has 4 heteroatoms. The van der Waals surface area contributed by atoms with Gasteiger partial charge >= 0.3 is 0 Å². The van der Waals surface area contributed by atoms with Crippen LogP contribution in [0.15, 0.2) is 18.2 Å². The van der Waals surface area contributed by atoms with E-state index in [1.54, 1.807) is 4.90 Å². The van der Waals surface area contributed by atoms with Crippen molar-refractivity contribution in [2.45, 2.75) is 25.8 Å². The van der Waals surface area contributed by atoms with Gasteiger partial charge in [-0.3, -0.25) is 4.79 Å². The number of nitrogens with zero attached hydrogens (tertiary/aromatic N) is 1. The quantitative estimate of drug-likeness (QED) is 0.835. The molecule has 92 valence electrons. The summed E-state index contributed by atoms with van der Waals surface area (Å²) in [5, 5.41) is 9.24. The highest BCUT2D eigenvalue weighted by molar-refractivity contribution is 14.1. The lowest BCUT2D eigenvalue weighted by molar-refractivity contribution is 0.0677. The van der Waals surface area contributed by atoms with Crippen molar-refractivity contribution in [3.8, 4) is 0 Å². The third kappa shape index (κ3) is 2.63. The lowest BCUT2D eigenvalue weighted by Gasteiger charge is -2.23. The molecule has 1 fully saturated rings. The summed E-state index contributed by atoms with van der Waals surface area (Å²) in [6, 6.07) is 5.76. The molecule has 0 aromatic heterocycles. The Morgan fingerprint density at radius 3 is 3.00 bits per heavy atom. The molecule has 1 saturated heterocycles. The molecule has 17 heavy (non-hydrogen) atoms. The van der Waals surface area contributed by atoms with Crippen molar-refractivity contribution in [2.75, 3.05) is 13.2 Å². The molecule has 0 saturated carbocycles. The molecule has 3 nitrogen and oxygen atoms in total. The lowest BCUT2D eigenvalue weighted by Crippen LogP contribution is -2.37. The zero-order valence-corrected chi connectivity index (χ0v) is 12.0. The topological polar surface area (TPSA) is 40.5 Å². The molecule has 0 radical (unpaired) electrons. The van der Waals surface area contributed by atoms with Crippen LogP contribution in [0.25, 0.3) is 0 Å². The fraction of sp³-hybridized carbons (Fsp3) is 0.462. The lowest BCUT2D eigenvalue weighted by atomic mass is 10.1. The standard InChI is InChI=1S/C13H16INO2/c1-9-7-10(4-5-12(9)14)13(17)15-6-2-3-11(15)8-16/h4-5,7,11,16H,2-3,6,8H2,1H3/t11-/m1/s1. The van der Waals surface area contributed by atoms with Gasteiger partial charge in [-0.05, 0) is 66.1 Å². The van der Waals surface area contributed by atoms with E-state index >= 15 is 0 Å². The number of carbonyl (C=O) groups excluding carboxylic acids is 1. The number of benzene rings is 1. The molecule has 0 unspecified atom stereocenters. The summed E-state index contributed by atoms with van der Waals surface area (Å²) in [7, 11) is 0. The van der Waals surface area contributed by atoms with E-state index in [0.29, 0.717) is 0 Å². The van der Waals surface area contributed by atoms with Crippen LogP contribution in [0.5, 0.6) is 0 Å². The first kappa shape index (κ1) is 12.8. The second-order valence-electron chi connectivity index (χ2n) is 4.44. The maximum atomic E-state index is 12.3. The molecule has 1 aromatic carbocycles. The molecule has 0 bridgehead atoms. The van der Waals surface area contributed by atoms with Gasteiger partial charge in [0.05, 0.1) is 12.6 Å². The molecule has 1 atom stereocenters. The Morgan fingerprint density at radius 1 is 1.59 bits per heavy atom. The first-order valence-electron chi connectivity index (χ1n) is 5.81. The first-order valence-corrected chi connectivity index (χ1v) is 6.89. The predicted octanol–water partition coefficient (Wildman–Crippen LogP) is 2.20. The van der Waals surface area contributed by atoms with Gasteiger partial charge in [0.2, 0.25) is 0 Å². The molecule has 1 aromatic rings. The Morgan fingerprint density at radius 2 is 2.35 bits per heavy atom. The summed E-state index contributed by atoms with van der Waals surface area (Å²) in [6.07, 6.45) is 1.89. The monoisotopic (exact) mass is 345 g/mol. The van der Waals surface area contributed by atoms with Crippen LogP contribution in [0.4, 0.5) is 0 Å². The Labute approximate surface area is 115 Å². The summed E-state index contributed by atoms with van der Waals surface area (Å²) in [5.41, 5.74) is 1.85. The highest BCUT2D eigenvalue weighted by Gasteiger charge is 2.28. The van der Waals surface area contributed by atoms with E-state index in [1.165, 1.54) is 3.57 Å². The zero-order valence-electron chi connectivity index (χ0n) is 9.82. The van der Waals surface area contributed by atoms with Crippen LogP contribution >= 0.6 is 22.6 Å². The number of halogens is 1. The molecular formula is C13H16INO2. The van der Waals surface area contributed by atoms with Crippen molar-refractivity contribution in [1.29, 1.82) is 0 Å². The summed E-state index contributed by atoms with van der Waals surface area (Å²) in [5.74, 6) is 0.0426. The van der Waals surface area contributed by atoms with E-state index in [-0.39, 0.29) is 18.6 Å². The molecule has 1 aliphatic heterocycles. The van der Waals surface area contributed by atoms with Gasteiger partial charge in [-0.1, -0.05) is 0 Å². The molecular weight excluding hydrogens is 329 g/mol. The normalized spacial score (nSPS) is 19.7. The van der Waals surface area contributed by atoms with Gasteiger partial charge in [0.25, 0.3) is 5.91 Å². The van der Waals surface area contributed by atoms with Gasteiger partial charge in [-0.2, -0.15) is 0 Å². The number of amides is 1. The first-order chi connectivity index (χ1) is 8.13. The van der Waals surface area contributed by atoms with Crippen molar-refractivity contribution in [3.63, 3.8) is 0 Å². The van der Waals surface area contributed by atoms with Crippen molar-refractivity contribution in [2.24, 2.45) is 0 Å². The molecule has 0 spiro atoms. The van der Waals surface area contributed by atoms with Crippen LogP contribution in [0.1, 0.15) is 28.8 Å². The van der Waals surface area contributed by atoms with Crippen LogP contribution in [0, 0.1) is 10.5 Å². The van der Waals surface area contributed by atoms with E-state index in [0.717, 1.165) is 30.5 Å². The Hall–Kier alpha value is -0.620. The van der Waals surface area contributed by atoms with Gasteiger partial charge < -0.3 is 10.0 Å². The number of hydrogen-bond acceptors (Lipinski definition) is 2. The summed E-state index contributed by atoms with van der Waals surface area (Å²) in [4.78, 5) is 14.1. The smallest absolute Gasteiger partial charge is 0.254 e. The largest absolute Gasteiger partial charge is 0.394 e. The summed E-state index contributed by atoms with van der Waals surface area (Å²) in [6.45, 7) is 2.83. The minimum absolute atomic E-state index is 0.00193. The number of hydrogen-bond donors (Lipinski definition) is 1. The highest BCUT2D eigenvalue weighted by Crippen LogP contribution is 2.21. The van der Waals surface area contributed by atoms with Crippen LogP contribution in [0.3, 0.4) is 0 Å². The number of aliphatic hydroxyl groups excluding tert-OH is 1. The fourth-order valence-corrected chi connectivity index (χ4v) is 2.57. The second kappa shape index (κ2) is 5.35. The third-order valence-corrected chi connectivity index (χ3v) is 4.46. The van der Waals surface area contributed by atoms with Gasteiger partial charge in [0.1, 0.15) is 0 Å². The number of likely N-dealkylation sites (tertiary alicyclic amines) is 1. The molecule has 1 amide bonds. The average Bonchev–Trinajstić information content (AvgIpc) is 2.80. The van der Waals surface area contributed by atoms with E-state index in [2.05, 4.69) is 22.6 Å². The number of aliphatic hydroxyl groups is 1. The van der Waals surface area contributed by atoms with Crippen LogP contribution < -0.4 is 0 Å². The summed E-state index contributed by atoms with van der Waals surface area (Å²) < 4.78 is 1.17. The van der Waals surface area contributed by atoms with Crippen molar-refractivity contribution < 1.29 is 9.90 Å². The van der Waals surface area contributed by atoms with E-state index < -0.39 is 0 Å². The summed E-state index contributed by atoms with van der Waals surface area (Å²) >= 11 is 2.26. The minimum Gasteiger partial charge on any atom is -0.394 e. The SMILES string of the molecule is Cc1cc(C(=O)N2CCC[C@@H]2CO)ccc1I. The van der Waals surface area contributed by atoms with Crippen molar-refractivity contribution in [3.05, 3.63) is 32.9 Å². The molecule has 0 aliphatic carbocycles. The van der Waals surface area contributed by atoms with Crippen molar-refractivity contribution in [1.82, 2.24) is 4.90 Å². The van der Waals surface area contributed by atoms with Crippen molar-refractivity contribution >= 4 is 28.5 Å². The molecule has 1 aliphatic rings. The van der Waals surface area contributed by atoms with Crippen LogP contribution in [-0.2, 0) is 0 Å². The second-order valence-corrected chi connectivity index (χ2v) is 5.60. The Balaban J connectivity index is 2.21. The average molecular weight is 345 g/mol. The number of carbonyl (C=O) groups is 1. The van der Waals surface area contributed by atoms with Gasteiger partial charge in [-0.25, -0.2) is 0 Å². The number of aryl methyl sites for hydroxylation is 1. The number of rotatable bonds is 2. The van der Waals surface area contributed by atoms with Crippen LogP contribution in [-0.4, -0.2) is 35.1 Å². The maximum absolute atomic E-state index is 12.3. The highest BCUT2D eigenvalue weighted by atomic mass is 127. The molecule has 1 N–H and O–H groups in total. The Kier molecular flexibility index (Phi) is 4.04. The van der Waals surface area contributed by atoms with Gasteiger partial charge in [-0.15, -0.1) is 0 Å². The third-order valence-electron chi connectivity index (χ3n) is 3.25. The van der Waals surface area contributed by atoms with E-state index in [1.807, 2.05) is 25.1 Å². The minimum atomic E-state index is 0.00193. The zero-order chi connectivity index (χ0) is 12.4.